The first-order valence-electron chi connectivity index (χ1n) is 10.2. The largest absolute Gasteiger partial charge is 0.514 e. The number of rotatable bonds is 5. The lowest BCUT2D eigenvalue weighted by atomic mass is 10.2. The van der Waals surface area contributed by atoms with Crippen LogP contribution in [0, 0.1) is 10.1 Å². The van der Waals surface area contributed by atoms with Gasteiger partial charge in [0.15, 0.2) is 6.10 Å². The van der Waals surface area contributed by atoms with E-state index in [0.29, 0.717) is 11.4 Å². The van der Waals surface area contributed by atoms with Crippen LogP contribution in [0.25, 0.3) is 0 Å². The third kappa shape index (κ3) is 5.28. The molecule has 0 unspecified atom stereocenters. The molecule has 3 rings (SSSR count). The quantitative estimate of drug-likeness (QED) is 0.302. The number of anilines is 2. The fourth-order valence-corrected chi connectivity index (χ4v) is 3.34. The number of likely N-dealkylation sites (N-methyl/N-ethyl adjacent to an activating group) is 1. The second-order valence-electron chi connectivity index (χ2n) is 7.44. The summed E-state index contributed by atoms with van der Waals surface area (Å²) in [5.74, 6) is -1.56. The van der Waals surface area contributed by atoms with E-state index in [0.717, 1.165) is 12.1 Å². The lowest BCUT2D eigenvalue weighted by Gasteiger charge is -2.24. The van der Waals surface area contributed by atoms with Crippen LogP contribution in [0.5, 0.6) is 5.75 Å². The minimum absolute atomic E-state index is 0.0151. The maximum atomic E-state index is 13.0. The van der Waals surface area contributed by atoms with Crippen molar-refractivity contribution in [2.24, 2.45) is 0 Å². The van der Waals surface area contributed by atoms with E-state index < -0.39 is 35.0 Å². The van der Waals surface area contributed by atoms with Crippen molar-refractivity contribution in [1.82, 2.24) is 5.32 Å². The summed E-state index contributed by atoms with van der Waals surface area (Å²) < 4.78 is 9.87. The zero-order valence-electron chi connectivity index (χ0n) is 18.6. The van der Waals surface area contributed by atoms with Crippen molar-refractivity contribution in [3.8, 4) is 5.75 Å². The first-order valence-corrected chi connectivity index (χ1v) is 10.2. The molecule has 12 nitrogen and oxygen atoms in total. The van der Waals surface area contributed by atoms with Gasteiger partial charge in [0.1, 0.15) is 11.8 Å². The van der Waals surface area contributed by atoms with Crippen LogP contribution < -0.4 is 19.9 Å². The van der Waals surface area contributed by atoms with Gasteiger partial charge < -0.3 is 24.6 Å². The molecule has 0 bridgehead atoms. The first-order chi connectivity index (χ1) is 16.1. The molecule has 1 heterocycles. The maximum Gasteiger partial charge on any atom is 0.514 e. The van der Waals surface area contributed by atoms with E-state index in [4.69, 9.17) is 9.47 Å². The van der Waals surface area contributed by atoms with Crippen LogP contribution in [0.2, 0.25) is 0 Å². The van der Waals surface area contributed by atoms with E-state index in [9.17, 15) is 29.3 Å². The Balaban J connectivity index is 1.65. The Bertz CT molecular complexity index is 1130. The Morgan fingerprint density at radius 1 is 1.12 bits per heavy atom. The number of carbonyl (C=O) groups is 4. The van der Waals surface area contributed by atoms with Gasteiger partial charge in [0.25, 0.3) is 17.5 Å². The second-order valence-corrected chi connectivity index (χ2v) is 7.44. The molecule has 0 spiro atoms. The molecule has 0 saturated carbocycles. The van der Waals surface area contributed by atoms with E-state index in [1.165, 1.54) is 42.8 Å². The van der Waals surface area contributed by atoms with Crippen LogP contribution in [-0.4, -0.2) is 54.5 Å². The highest BCUT2D eigenvalue weighted by Gasteiger charge is 2.35. The Kier molecular flexibility index (Phi) is 7.09. The number of hydrogen-bond donors (Lipinski definition) is 1. The Morgan fingerprint density at radius 3 is 2.32 bits per heavy atom. The van der Waals surface area contributed by atoms with Crippen molar-refractivity contribution in [3.05, 3.63) is 58.6 Å². The van der Waals surface area contributed by atoms with Crippen LogP contribution in [0.15, 0.2) is 48.5 Å². The van der Waals surface area contributed by atoms with Gasteiger partial charge in [-0.05, 0) is 31.2 Å². The fourth-order valence-electron chi connectivity index (χ4n) is 3.34. The van der Waals surface area contributed by atoms with Crippen molar-refractivity contribution < 1.29 is 33.6 Å². The monoisotopic (exact) mass is 470 g/mol. The molecular formula is C22H22N4O8. The number of hydrogen-bond acceptors (Lipinski definition) is 8. The Hall–Kier alpha value is -4.48. The van der Waals surface area contributed by atoms with Gasteiger partial charge in [-0.1, -0.05) is 12.1 Å². The van der Waals surface area contributed by atoms with Gasteiger partial charge in [0.05, 0.1) is 22.8 Å². The van der Waals surface area contributed by atoms with E-state index in [-0.39, 0.29) is 23.9 Å². The van der Waals surface area contributed by atoms with Crippen molar-refractivity contribution in [2.75, 3.05) is 23.4 Å². The molecule has 12 heteroatoms. The number of nitro groups is 1. The normalized spacial score (nSPS) is 16.1. The van der Waals surface area contributed by atoms with Crippen molar-refractivity contribution >= 4 is 40.9 Å². The molecule has 2 aromatic rings. The molecule has 0 saturated heterocycles. The second kappa shape index (κ2) is 9.98. The number of amides is 3. The first kappa shape index (κ1) is 24.2. The minimum atomic E-state index is -1.33. The van der Waals surface area contributed by atoms with Gasteiger partial charge in [-0.25, -0.2) is 4.79 Å². The number of nitro benzene ring substituents is 1. The van der Waals surface area contributed by atoms with Gasteiger partial charge in [0, 0.05) is 26.1 Å². The third-order valence-corrected chi connectivity index (χ3v) is 5.12. The summed E-state index contributed by atoms with van der Waals surface area (Å²) in [6, 6.07) is 10.5. The molecule has 0 aliphatic carbocycles. The number of nitrogens with zero attached hydrogens (tertiary/aromatic N) is 3. The topological polar surface area (TPSA) is 148 Å². The predicted molar refractivity (Wildman–Crippen MR) is 119 cm³/mol. The summed E-state index contributed by atoms with van der Waals surface area (Å²) in [6.07, 6.45) is -2.54. The van der Waals surface area contributed by atoms with Crippen molar-refractivity contribution in [1.29, 1.82) is 0 Å². The number of para-hydroxylation sites is 2. The average Bonchev–Trinajstić information content (AvgIpc) is 2.90. The van der Waals surface area contributed by atoms with Crippen LogP contribution in [-0.2, 0) is 19.1 Å². The number of benzene rings is 2. The lowest BCUT2D eigenvalue weighted by molar-refractivity contribution is -0.384. The fraction of sp³-hybridized carbons (Fsp3) is 0.273. The van der Waals surface area contributed by atoms with Crippen LogP contribution >= 0.6 is 0 Å². The van der Waals surface area contributed by atoms with Gasteiger partial charge in [-0.2, -0.15) is 0 Å². The molecular weight excluding hydrogens is 448 g/mol. The van der Waals surface area contributed by atoms with E-state index >= 15 is 0 Å². The van der Waals surface area contributed by atoms with Crippen LogP contribution in [0.1, 0.15) is 13.8 Å². The standard InChI is InChI=1S/C22H22N4O8/c1-13(33-22(30)34-16-10-8-15(9-11-16)26(31)32)20(28)23-17-12-25(14(2)27)19-7-5-4-6-18(19)24(3)21(17)29/h4-11,13,17H,12H2,1-3H3,(H,23,28)/t13-,17-/m0/s1. The summed E-state index contributed by atoms with van der Waals surface area (Å²) >= 11 is 0. The molecule has 178 valence electrons. The highest BCUT2D eigenvalue weighted by atomic mass is 16.7. The molecule has 1 aliphatic heterocycles. The summed E-state index contributed by atoms with van der Waals surface area (Å²) in [6.45, 7) is 2.53. The third-order valence-electron chi connectivity index (χ3n) is 5.12. The summed E-state index contributed by atoms with van der Waals surface area (Å²) in [5, 5.41) is 13.2. The summed E-state index contributed by atoms with van der Waals surface area (Å²) in [7, 11) is 1.53. The number of ether oxygens (including phenoxy) is 2. The number of carbonyl (C=O) groups excluding carboxylic acids is 4. The van der Waals surface area contributed by atoms with Crippen molar-refractivity contribution in [2.45, 2.75) is 26.0 Å². The SMILES string of the molecule is CC(=O)N1C[C@H](NC(=O)[C@H](C)OC(=O)Oc2ccc([N+](=O)[O-])cc2)C(=O)N(C)c2ccccc21. The summed E-state index contributed by atoms with van der Waals surface area (Å²) in [4.78, 5) is 62.7. The highest BCUT2D eigenvalue weighted by Crippen LogP contribution is 2.31. The lowest BCUT2D eigenvalue weighted by Crippen LogP contribution is -2.54. The van der Waals surface area contributed by atoms with Gasteiger partial charge in [-0.15, -0.1) is 0 Å². The molecule has 0 aromatic heterocycles. The number of non-ortho nitro benzene ring substituents is 1. The highest BCUT2D eigenvalue weighted by molar-refractivity contribution is 6.07. The maximum absolute atomic E-state index is 13.0. The molecule has 1 N–H and O–H groups in total. The van der Waals surface area contributed by atoms with E-state index in [1.54, 1.807) is 24.3 Å². The molecule has 1 aliphatic rings. The Morgan fingerprint density at radius 2 is 1.74 bits per heavy atom. The minimum Gasteiger partial charge on any atom is -0.421 e. The zero-order chi connectivity index (χ0) is 25.0. The van der Waals surface area contributed by atoms with Crippen molar-refractivity contribution in [3.63, 3.8) is 0 Å². The van der Waals surface area contributed by atoms with Gasteiger partial charge in [0.2, 0.25) is 5.91 Å². The zero-order valence-corrected chi connectivity index (χ0v) is 18.6. The van der Waals surface area contributed by atoms with Crippen LogP contribution in [0.4, 0.5) is 21.9 Å². The smallest absolute Gasteiger partial charge is 0.421 e. The molecule has 34 heavy (non-hydrogen) atoms. The molecule has 0 radical (unpaired) electrons. The van der Waals surface area contributed by atoms with Gasteiger partial charge in [-0.3, -0.25) is 24.5 Å². The Labute approximate surface area is 194 Å². The molecule has 0 fully saturated rings. The molecule has 3 amide bonds. The number of nitrogens with one attached hydrogen (secondary N) is 1. The number of fused-ring (bicyclic) bond motifs is 1. The van der Waals surface area contributed by atoms with E-state index in [2.05, 4.69) is 5.32 Å². The van der Waals surface area contributed by atoms with Gasteiger partial charge >= 0.3 is 6.16 Å². The predicted octanol–water partition coefficient (Wildman–Crippen LogP) is 2.01. The van der Waals surface area contributed by atoms with Crippen LogP contribution in [0.3, 0.4) is 0 Å². The summed E-state index contributed by atoms with van der Waals surface area (Å²) in [5.41, 5.74) is 0.849. The average molecular weight is 470 g/mol. The molecule has 2 atom stereocenters. The molecule has 2 aromatic carbocycles. The van der Waals surface area contributed by atoms with E-state index in [1.807, 2.05) is 0 Å².